The molecule has 116 valence electrons. The van der Waals surface area contributed by atoms with E-state index in [1.165, 1.54) is 32.1 Å². The maximum absolute atomic E-state index is 6.09. The average molecular weight is 282 g/mol. The molecule has 2 heterocycles. The summed E-state index contributed by atoms with van der Waals surface area (Å²) in [4.78, 5) is 2.40. The van der Waals surface area contributed by atoms with Crippen molar-refractivity contribution in [1.29, 1.82) is 0 Å². The zero-order valence-corrected chi connectivity index (χ0v) is 13.1. The minimum Gasteiger partial charge on any atom is -0.375 e. The van der Waals surface area contributed by atoms with E-state index in [0.29, 0.717) is 18.1 Å². The van der Waals surface area contributed by atoms with Crippen LogP contribution in [0.15, 0.2) is 0 Å². The number of ether oxygens (including phenoxy) is 2. The molecule has 2 aliphatic heterocycles. The third-order valence-corrected chi connectivity index (χ3v) is 5.44. The lowest BCUT2D eigenvalue weighted by Crippen LogP contribution is -2.57. The zero-order valence-electron chi connectivity index (χ0n) is 13.1. The normalized spacial score (nSPS) is 35.7. The van der Waals surface area contributed by atoms with E-state index in [2.05, 4.69) is 24.2 Å². The highest BCUT2D eigenvalue weighted by Gasteiger charge is 2.45. The summed E-state index contributed by atoms with van der Waals surface area (Å²) in [6.45, 7) is 7.16. The second-order valence-corrected chi connectivity index (χ2v) is 6.89. The van der Waals surface area contributed by atoms with Gasteiger partial charge in [0.15, 0.2) is 0 Å². The van der Waals surface area contributed by atoms with Crippen molar-refractivity contribution in [2.24, 2.45) is 5.92 Å². The molecular formula is C16H30N2O2. The van der Waals surface area contributed by atoms with Crippen molar-refractivity contribution in [3.63, 3.8) is 0 Å². The fourth-order valence-electron chi connectivity index (χ4n) is 4.16. The quantitative estimate of drug-likeness (QED) is 0.850. The molecule has 2 saturated heterocycles. The lowest BCUT2D eigenvalue weighted by Gasteiger charge is -2.50. The minimum absolute atomic E-state index is 0.233. The highest BCUT2D eigenvalue weighted by atomic mass is 16.5. The van der Waals surface area contributed by atoms with Gasteiger partial charge in [0.2, 0.25) is 0 Å². The smallest absolute Gasteiger partial charge is 0.0857 e. The van der Waals surface area contributed by atoms with Crippen molar-refractivity contribution in [3.05, 3.63) is 0 Å². The lowest BCUT2D eigenvalue weighted by atomic mass is 9.69. The Morgan fingerprint density at radius 3 is 2.85 bits per heavy atom. The predicted molar refractivity (Wildman–Crippen MR) is 80.0 cm³/mol. The number of morpholine rings is 1. The molecule has 3 aliphatic rings. The van der Waals surface area contributed by atoms with Gasteiger partial charge in [-0.3, -0.25) is 0 Å². The Bertz CT molecular complexity index is 320. The molecule has 0 bridgehead atoms. The van der Waals surface area contributed by atoms with Crippen LogP contribution in [0.25, 0.3) is 0 Å². The van der Waals surface area contributed by atoms with Crippen molar-refractivity contribution < 1.29 is 9.47 Å². The summed E-state index contributed by atoms with van der Waals surface area (Å²) in [6, 6.07) is 0.490. The van der Waals surface area contributed by atoms with Crippen molar-refractivity contribution in [3.8, 4) is 0 Å². The van der Waals surface area contributed by atoms with Crippen LogP contribution < -0.4 is 5.32 Å². The zero-order chi connectivity index (χ0) is 14.0. The molecule has 3 unspecified atom stereocenters. The Morgan fingerprint density at radius 2 is 2.20 bits per heavy atom. The van der Waals surface area contributed by atoms with Gasteiger partial charge in [-0.2, -0.15) is 0 Å². The van der Waals surface area contributed by atoms with Crippen LogP contribution in [0.1, 0.15) is 39.0 Å². The fraction of sp³-hybridized carbons (Fsp3) is 1.00. The van der Waals surface area contributed by atoms with Gasteiger partial charge in [-0.15, -0.1) is 0 Å². The molecule has 0 amide bonds. The number of hydrogen-bond acceptors (Lipinski definition) is 4. The SMILES string of the molecule is CCNC(C1CCOC2(CCC2)C1)C1CN(C)CCO1. The van der Waals surface area contributed by atoms with Crippen LogP contribution in [0.5, 0.6) is 0 Å². The van der Waals surface area contributed by atoms with Gasteiger partial charge < -0.3 is 19.7 Å². The number of hydrogen-bond donors (Lipinski definition) is 1. The third kappa shape index (κ3) is 3.03. The average Bonchev–Trinajstić information content (AvgIpc) is 2.43. The van der Waals surface area contributed by atoms with Gasteiger partial charge in [-0.05, 0) is 51.6 Å². The Balaban J connectivity index is 1.65. The van der Waals surface area contributed by atoms with E-state index in [4.69, 9.17) is 9.47 Å². The first kappa shape index (κ1) is 14.8. The Morgan fingerprint density at radius 1 is 1.35 bits per heavy atom. The number of rotatable bonds is 4. The first-order valence-corrected chi connectivity index (χ1v) is 8.40. The Kier molecular flexibility index (Phi) is 4.65. The van der Waals surface area contributed by atoms with E-state index in [0.717, 1.165) is 32.8 Å². The summed E-state index contributed by atoms with van der Waals surface area (Å²) in [5.74, 6) is 0.709. The molecule has 1 spiro atoms. The van der Waals surface area contributed by atoms with Crippen LogP contribution in [0, 0.1) is 5.92 Å². The molecule has 1 N–H and O–H groups in total. The van der Waals surface area contributed by atoms with Crippen LogP contribution in [0.2, 0.25) is 0 Å². The first-order chi connectivity index (χ1) is 9.72. The molecule has 4 heteroatoms. The van der Waals surface area contributed by atoms with E-state index in [9.17, 15) is 0 Å². The van der Waals surface area contributed by atoms with Crippen molar-refractivity contribution in [2.75, 3.05) is 39.9 Å². The maximum Gasteiger partial charge on any atom is 0.0857 e. The highest BCUT2D eigenvalue weighted by molar-refractivity contribution is 4.98. The van der Waals surface area contributed by atoms with Gasteiger partial charge in [0.1, 0.15) is 0 Å². The van der Waals surface area contributed by atoms with Crippen LogP contribution in [0.4, 0.5) is 0 Å². The molecule has 0 aromatic rings. The molecule has 3 rings (SSSR count). The highest BCUT2D eigenvalue weighted by Crippen LogP contribution is 2.45. The molecule has 0 aromatic heterocycles. The van der Waals surface area contributed by atoms with Gasteiger partial charge in [-0.25, -0.2) is 0 Å². The topological polar surface area (TPSA) is 33.7 Å². The van der Waals surface area contributed by atoms with Crippen LogP contribution in [0.3, 0.4) is 0 Å². The molecule has 20 heavy (non-hydrogen) atoms. The lowest BCUT2D eigenvalue weighted by molar-refractivity contribution is -0.156. The number of nitrogens with one attached hydrogen (secondary N) is 1. The molecule has 0 aromatic carbocycles. The van der Waals surface area contributed by atoms with E-state index < -0.39 is 0 Å². The molecular weight excluding hydrogens is 252 g/mol. The first-order valence-electron chi connectivity index (χ1n) is 8.40. The third-order valence-electron chi connectivity index (χ3n) is 5.44. The molecule has 3 atom stereocenters. The monoisotopic (exact) mass is 282 g/mol. The summed E-state index contributed by atoms with van der Waals surface area (Å²) < 4.78 is 12.2. The van der Waals surface area contributed by atoms with E-state index in [1.54, 1.807) is 0 Å². The summed E-state index contributed by atoms with van der Waals surface area (Å²) >= 11 is 0. The Labute approximate surface area is 123 Å². The molecule has 1 saturated carbocycles. The fourth-order valence-corrected chi connectivity index (χ4v) is 4.16. The second-order valence-electron chi connectivity index (χ2n) is 6.89. The van der Waals surface area contributed by atoms with Crippen LogP contribution in [-0.2, 0) is 9.47 Å². The number of nitrogens with zero attached hydrogens (tertiary/aromatic N) is 1. The molecule has 4 nitrogen and oxygen atoms in total. The van der Waals surface area contributed by atoms with Gasteiger partial charge in [-0.1, -0.05) is 6.92 Å². The molecule has 0 radical (unpaired) electrons. The van der Waals surface area contributed by atoms with Gasteiger partial charge >= 0.3 is 0 Å². The summed E-state index contributed by atoms with van der Waals surface area (Å²) in [7, 11) is 2.20. The largest absolute Gasteiger partial charge is 0.375 e. The minimum atomic E-state index is 0.233. The summed E-state index contributed by atoms with van der Waals surface area (Å²) in [5, 5.41) is 3.72. The van der Waals surface area contributed by atoms with Crippen molar-refractivity contribution >= 4 is 0 Å². The summed E-state index contributed by atoms with van der Waals surface area (Å²) in [5.41, 5.74) is 0.233. The van der Waals surface area contributed by atoms with E-state index in [1.807, 2.05) is 0 Å². The standard InChI is InChI=1S/C16H30N2O2/c1-3-17-15(14-12-18(2)8-10-19-14)13-5-9-20-16(11-13)6-4-7-16/h13-15,17H,3-12H2,1-2H3. The molecule has 3 fully saturated rings. The molecule has 1 aliphatic carbocycles. The second kappa shape index (κ2) is 6.30. The van der Waals surface area contributed by atoms with Gasteiger partial charge in [0, 0.05) is 25.7 Å². The van der Waals surface area contributed by atoms with Gasteiger partial charge in [0.25, 0.3) is 0 Å². The van der Waals surface area contributed by atoms with E-state index >= 15 is 0 Å². The van der Waals surface area contributed by atoms with Crippen molar-refractivity contribution in [2.45, 2.75) is 56.8 Å². The van der Waals surface area contributed by atoms with E-state index in [-0.39, 0.29) is 5.60 Å². The summed E-state index contributed by atoms with van der Waals surface area (Å²) in [6.07, 6.45) is 6.65. The predicted octanol–water partition coefficient (Wildman–Crippen LogP) is 1.64. The maximum atomic E-state index is 6.09. The van der Waals surface area contributed by atoms with Gasteiger partial charge in [0.05, 0.1) is 18.3 Å². The van der Waals surface area contributed by atoms with Crippen molar-refractivity contribution in [1.82, 2.24) is 10.2 Å². The van der Waals surface area contributed by atoms with Crippen LogP contribution >= 0.6 is 0 Å². The number of likely N-dealkylation sites (N-methyl/N-ethyl adjacent to an activating group) is 2. The Hall–Kier alpha value is -0.160. The van der Waals surface area contributed by atoms with Crippen LogP contribution in [-0.4, -0.2) is 62.5 Å².